The van der Waals surface area contributed by atoms with E-state index < -0.39 is 5.82 Å². The summed E-state index contributed by atoms with van der Waals surface area (Å²) in [5.74, 6) is 0.0880. The third-order valence-electron chi connectivity index (χ3n) is 5.00. The lowest BCUT2D eigenvalue weighted by atomic mass is 10.1. The van der Waals surface area contributed by atoms with Crippen LogP contribution in [0.3, 0.4) is 0 Å². The number of rotatable bonds is 3. The molecule has 1 aromatic heterocycles. The Kier molecular flexibility index (Phi) is 4.63. The highest BCUT2D eigenvalue weighted by molar-refractivity contribution is 8.14. The first-order valence-corrected chi connectivity index (χ1v) is 9.94. The minimum atomic E-state index is -0.575. The van der Waals surface area contributed by atoms with E-state index in [1.54, 1.807) is 11.0 Å². The summed E-state index contributed by atoms with van der Waals surface area (Å²) in [4.78, 5) is 27.4. The van der Waals surface area contributed by atoms with Gasteiger partial charge in [0.1, 0.15) is 6.26 Å². The third-order valence-corrected chi connectivity index (χ3v) is 6.09. The summed E-state index contributed by atoms with van der Waals surface area (Å²) in [5.41, 5.74) is 1.05. The van der Waals surface area contributed by atoms with E-state index in [1.165, 1.54) is 18.0 Å². The standard InChI is InChI=1S/C19H21FN2O4S/c1-10-9-27-19(24)22(10)15-8-25-18-14(15)4-13(7-23)17(16(18)20)21-5-11(2)26-12(3)6-21/h4,7-8,10-12H,5-6,9H2,1-3H3/t10-,11+,12+/m0/s1. The number of benzene rings is 1. The van der Waals surface area contributed by atoms with Gasteiger partial charge in [-0.25, -0.2) is 4.39 Å². The van der Waals surface area contributed by atoms with Crippen LogP contribution in [0.5, 0.6) is 0 Å². The highest BCUT2D eigenvalue weighted by Crippen LogP contribution is 2.41. The van der Waals surface area contributed by atoms with Gasteiger partial charge >= 0.3 is 0 Å². The van der Waals surface area contributed by atoms with Gasteiger partial charge in [-0.05, 0) is 26.8 Å². The fourth-order valence-electron chi connectivity index (χ4n) is 3.94. The maximum atomic E-state index is 15.4. The molecule has 3 atom stereocenters. The summed E-state index contributed by atoms with van der Waals surface area (Å²) < 4.78 is 26.6. The van der Waals surface area contributed by atoms with Gasteiger partial charge in [-0.2, -0.15) is 0 Å². The van der Waals surface area contributed by atoms with E-state index in [1.807, 2.05) is 25.7 Å². The van der Waals surface area contributed by atoms with Crippen molar-refractivity contribution >= 4 is 45.6 Å². The predicted molar refractivity (Wildman–Crippen MR) is 104 cm³/mol. The first kappa shape index (κ1) is 18.3. The van der Waals surface area contributed by atoms with Crippen molar-refractivity contribution in [1.82, 2.24) is 0 Å². The summed E-state index contributed by atoms with van der Waals surface area (Å²) in [5, 5.41) is 0.341. The quantitative estimate of drug-likeness (QED) is 0.734. The molecule has 2 saturated heterocycles. The summed E-state index contributed by atoms with van der Waals surface area (Å²) in [6, 6.07) is 1.60. The number of morpholine rings is 1. The van der Waals surface area contributed by atoms with Crippen molar-refractivity contribution in [3.63, 3.8) is 0 Å². The SMILES string of the molecule is C[C@@H]1CN(c2c(C=O)cc3c(N4C(=O)SC[C@@H]4C)coc3c2F)C[C@@H](C)O1. The summed E-state index contributed by atoms with van der Waals surface area (Å²) in [7, 11) is 0. The fraction of sp³-hybridized carbons (Fsp3) is 0.474. The van der Waals surface area contributed by atoms with E-state index in [-0.39, 0.29) is 40.3 Å². The molecule has 27 heavy (non-hydrogen) atoms. The second-order valence-electron chi connectivity index (χ2n) is 7.20. The Labute approximate surface area is 160 Å². The molecule has 4 rings (SSSR count). The Bertz CT molecular complexity index is 905. The zero-order valence-electron chi connectivity index (χ0n) is 15.4. The van der Waals surface area contributed by atoms with Crippen LogP contribution in [0.4, 0.5) is 20.6 Å². The smallest absolute Gasteiger partial charge is 0.286 e. The number of ether oxygens (including phenoxy) is 1. The largest absolute Gasteiger partial charge is 0.459 e. The second-order valence-corrected chi connectivity index (χ2v) is 8.17. The van der Waals surface area contributed by atoms with Crippen LogP contribution >= 0.6 is 11.8 Å². The summed E-state index contributed by atoms with van der Waals surface area (Å²) in [6.45, 7) is 6.74. The molecular formula is C19H21FN2O4S. The number of hydrogen-bond acceptors (Lipinski definition) is 6. The molecule has 0 spiro atoms. The molecule has 3 heterocycles. The normalized spacial score (nSPS) is 26.2. The van der Waals surface area contributed by atoms with Crippen LogP contribution in [0.25, 0.3) is 11.0 Å². The molecule has 0 saturated carbocycles. The van der Waals surface area contributed by atoms with Crippen molar-refractivity contribution in [3.8, 4) is 0 Å². The van der Waals surface area contributed by atoms with Crippen molar-refractivity contribution < 1.29 is 23.1 Å². The zero-order chi connectivity index (χ0) is 19.3. The van der Waals surface area contributed by atoms with Crippen molar-refractivity contribution in [3.05, 3.63) is 23.7 Å². The fourth-order valence-corrected chi connectivity index (χ4v) is 4.89. The lowest BCUT2D eigenvalue weighted by molar-refractivity contribution is -0.00542. The number of furan rings is 1. The summed E-state index contributed by atoms with van der Waals surface area (Å²) in [6.07, 6.45) is 1.91. The van der Waals surface area contributed by atoms with Gasteiger partial charge in [0.2, 0.25) is 0 Å². The Morgan fingerprint density at radius 3 is 2.56 bits per heavy atom. The number of thioether (sulfide) groups is 1. The minimum Gasteiger partial charge on any atom is -0.459 e. The van der Waals surface area contributed by atoms with Gasteiger partial charge < -0.3 is 14.1 Å². The molecule has 0 radical (unpaired) electrons. The Morgan fingerprint density at radius 2 is 1.96 bits per heavy atom. The van der Waals surface area contributed by atoms with Gasteiger partial charge in [-0.15, -0.1) is 0 Å². The molecule has 0 N–H and O–H groups in total. The minimum absolute atomic E-state index is 0.0216. The maximum Gasteiger partial charge on any atom is 0.286 e. The monoisotopic (exact) mass is 392 g/mol. The van der Waals surface area contributed by atoms with Crippen LogP contribution in [0.2, 0.25) is 0 Å². The number of hydrogen-bond donors (Lipinski definition) is 0. The van der Waals surface area contributed by atoms with Gasteiger partial charge in [0.15, 0.2) is 17.7 Å². The Balaban J connectivity index is 1.84. The average Bonchev–Trinajstić information content (AvgIpc) is 3.16. The molecule has 2 fully saturated rings. The zero-order valence-corrected chi connectivity index (χ0v) is 16.2. The lowest BCUT2D eigenvalue weighted by Gasteiger charge is -2.37. The molecule has 8 heteroatoms. The highest BCUT2D eigenvalue weighted by Gasteiger charge is 2.34. The molecule has 0 unspecified atom stereocenters. The van der Waals surface area contributed by atoms with E-state index in [0.717, 1.165) is 0 Å². The number of fused-ring (bicyclic) bond motifs is 1. The molecule has 0 bridgehead atoms. The number of amides is 1. The lowest BCUT2D eigenvalue weighted by Crippen LogP contribution is -2.46. The van der Waals surface area contributed by atoms with Crippen molar-refractivity contribution in [2.75, 3.05) is 28.6 Å². The topological polar surface area (TPSA) is 63.0 Å². The van der Waals surface area contributed by atoms with Crippen LogP contribution in [-0.2, 0) is 4.74 Å². The van der Waals surface area contributed by atoms with E-state index in [2.05, 4.69) is 0 Å². The van der Waals surface area contributed by atoms with E-state index >= 15 is 4.39 Å². The van der Waals surface area contributed by atoms with Crippen molar-refractivity contribution in [1.29, 1.82) is 0 Å². The first-order chi connectivity index (χ1) is 12.9. The van der Waals surface area contributed by atoms with Gasteiger partial charge in [0, 0.05) is 35.8 Å². The molecule has 6 nitrogen and oxygen atoms in total. The Hall–Kier alpha value is -2.06. The van der Waals surface area contributed by atoms with Crippen molar-refractivity contribution in [2.24, 2.45) is 0 Å². The molecule has 1 aromatic carbocycles. The average molecular weight is 392 g/mol. The van der Waals surface area contributed by atoms with Gasteiger partial charge in [-0.1, -0.05) is 11.8 Å². The number of halogens is 1. The van der Waals surface area contributed by atoms with Crippen LogP contribution in [0, 0.1) is 5.82 Å². The first-order valence-electron chi connectivity index (χ1n) is 8.96. The number of nitrogens with zero attached hydrogens (tertiary/aromatic N) is 2. The number of carbonyl (C=O) groups is 2. The number of carbonyl (C=O) groups excluding carboxylic acids is 2. The van der Waals surface area contributed by atoms with E-state index in [0.29, 0.717) is 36.2 Å². The molecular weight excluding hydrogens is 371 g/mol. The second kappa shape index (κ2) is 6.83. The van der Waals surface area contributed by atoms with Gasteiger partial charge in [0.25, 0.3) is 5.24 Å². The van der Waals surface area contributed by atoms with E-state index in [9.17, 15) is 9.59 Å². The number of aldehydes is 1. The predicted octanol–water partition coefficient (Wildman–Crippen LogP) is 4.06. The molecule has 2 aliphatic rings. The molecule has 0 aliphatic carbocycles. The maximum absolute atomic E-state index is 15.4. The molecule has 1 amide bonds. The number of anilines is 2. The molecule has 144 valence electrons. The highest BCUT2D eigenvalue weighted by atomic mass is 32.2. The molecule has 2 aliphatic heterocycles. The van der Waals surface area contributed by atoms with Crippen LogP contribution < -0.4 is 9.80 Å². The van der Waals surface area contributed by atoms with E-state index in [4.69, 9.17) is 9.15 Å². The molecule has 2 aromatic rings. The van der Waals surface area contributed by atoms with Crippen LogP contribution in [0.1, 0.15) is 31.1 Å². The van der Waals surface area contributed by atoms with Crippen LogP contribution in [-0.4, -0.2) is 48.6 Å². The van der Waals surface area contributed by atoms with Gasteiger partial charge in [-0.3, -0.25) is 14.5 Å². The van der Waals surface area contributed by atoms with Gasteiger partial charge in [0.05, 0.1) is 23.6 Å². The van der Waals surface area contributed by atoms with Crippen molar-refractivity contribution in [2.45, 2.75) is 39.0 Å². The third kappa shape index (κ3) is 3.00. The Morgan fingerprint density at radius 1 is 1.26 bits per heavy atom. The van der Waals surface area contributed by atoms with Crippen LogP contribution in [0.15, 0.2) is 16.7 Å². The summed E-state index contributed by atoms with van der Waals surface area (Å²) >= 11 is 1.22.